The normalized spacial score (nSPS) is 10.9. The number of hydrogen-bond acceptors (Lipinski definition) is 3. The molecule has 1 N–H and O–H groups in total. The van der Waals surface area contributed by atoms with Gasteiger partial charge < -0.3 is 9.73 Å². The van der Waals surface area contributed by atoms with Crippen LogP contribution in [0.25, 0.3) is 0 Å². The van der Waals surface area contributed by atoms with Gasteiger partial charge in [-0.2, -0.15) is 0 Å². The van der Waals surface area contributed by atoms with E-state index in [9.17, 15) is 0 Å². The molecule has 1 aromatic heterocycles. The lowest BCUT2D eigenvalue weighted by molar-refractivity contribution is 0.314. The number of hydrogen-bond donors (Lipinski definition) is 1. The van der Waals surface area contributed by atoms with Gasteiger partial charge in [0.25, 0.3) is 0 Å². The lowest BCUT2D eigenvalue weighted by atomic mass is 10.4. The maximum Gasteiger partial charge on any atom is 0.118 e. The average molecular weight is 222 g/mol. The van der Waals surface area contributed by atoms with Crippen LogP contribution in [0.1, 0.15) is 24.9 Å². The summed E-state index contributed by atoms with van der Waals surface area (Å²) in [6.07, 6.45) is 3.04. The summed E-state index contributed by atoms with van der Waals surface area (Å²) in [5.41, 5.74) is 0. The first-order valence-electron chi connectivity index (χ1n) is 5.84. The molecule has 1 rings (SSSR count). The smallest absolute Gasteiger partial charge is 0.118 e. The highest BCUT2D eigenvalue weighted by Crippen LogP contribution is 2.09. The van der Waals surface area contributed by atoms with Gasteiger partial charge >= 0.3 is 0 Å². The first-order chi connectivity index (χ1) is 7.76. The molecule has 0 radical (unpaired) electrons. The minimum Gasteiger partial charge on any atom is -0.463 e. The van der Waals surface area contributed by atoms with E-state index in [0.717, 1.165) is 44.1 Å². The molecular formula is C13H22N2O. The van der Waals surface area contributed by atoms with Gasteiger partial charge in [-0.15, -0.1) is 6.58 Å². The third-order valence-electron chi connectivity index (χ3n) is 2.31. The van der Waals surface area contributed by atoms with Crippen LogP contribution in [0.5, 0.6) is 0 Å². The molecule has 0 unspecified atom stereocenters. The Hall–Kier alpha value is -1.06. The zero-order chi connectivity index (χ0) is 11.8. The van der Waals surface area contributed by atoms with Crippen molar-refractivity contribution >= 4 is 0 Å². The number of likely N-dealkylation sites (N-methyl/N-ethyl adjacent to an activating group) is 1. The molecular weight excluding hydrogens is 200 g/mol. The molecule has 0 saturated heterocycles. The third-order valence-corrected chi connectivity index (χ3v) is 2.31. The van der Waals surface area contributed by atoms with Gasteiger partial charge in [-0.3, -0.25) is 4.90 Å². The van der Waals surface area contributed by atoms with Gasteiger partial charge in [0, 0.05) is 6.54 Å². The molecule has 16 heavy (non-hydrogen) atoms. The standard InChI is InChI=1S/C13H22N2O/c1-4-8-14-10-12-6-7-13(16-12)11-15(3)9-5-2/h5-7,14H,2,4,8-11H2,1,3H3. The summed E-state index contributed by atoms with van der Waals surface area (Å²) in [6, 6.07) is 4.09. The van der Waals surface area contributed by atoms with Crippen LogP contribution >= 0.6 is 0 Å². The molecule has 0 bridgehead atoms. The zero-order valence-electron chi connectivity index (χ0n) is 10.3. The molecule has 0 spiro atoms. The maximum atomic E-state index is 5.71. The van der Waals surface area contributed by atoms with Gasteiger partial charge in [0.05, 0.1) is 13.1 Å². The minimum atomic E-state index is 0.818. The SMILES string of the molecule is C=CCN(C)Cc1ccc(CNCCC)o1. The summed E-state index contributed by atoms with van der Waals surface area (Å²) in [4.78, 5) is 2.16. The Kier molecular flexibility index (Phi) is 5.90. The van der Waals surface area contributed by atoms with Crippen LogP contribution < -0.4 is 5.32 Å². The molecule has 0 aliphatic rings. The first-order valence-corrected chi connectivity index (χ1v) is 5.84. The van der Waals surface area contributed by atoms with Crippen molar-refractivity contribution in [2.45, 2.75) is 26.4 Å². The largest absolute Gasteiger partial charge is 0.463 e. The zero-order valence-corrected chi connectivity index (χ0v) is 10.3. The average Bonchev–Trinajstić information content (AvgIpc) is 2.66. The lowest BCUT2D eigenvalue weighted by Crippen LogP contribution is -2.17. The number of furan rings is 1. The second kappa shape index (κ2) is 7.25. The molecule has 0 aromatic carbocycles. The van der Waals surface area contributed by atoms with Gasteiger partial charge in [0.15, 0.2) is 0 Å². The molecule has 0 saturated carbocycles. The van der Waals surface area contributed by atoms with Crippen LogP contribution in [0.3, 0.4) is 0 Å². The van der Waals surface area contributed by atoms with Gasteiger partial charge in [0.2, 0.25) is 0 Å². The van der Waals surface area contributed by atoms with Crippen molar-refractivity contribution in [1.82, 2.24) is 10.2 Å². The van der Waals surface area contributed by atoms with Crippen LogP contribution in [0.15, 0.2) is 29.2 Å². The van der Waals surface area contributed by atoms with Crippen LogP contribution in [-0.4, -0.2) is 25.0 Å². The first kappa shape index (κ1) is 13.0. The van der Waals surface area contributed by atoms with Crippen molar-refractivity contribution in [3.8, 4) is 0 Å². The Morgan fingerprint density at radius 1 is 1.44 bits per heavy atom. The summed E-state index contributed by atoms with van der Waals surface area (Å²) in [5.74, 6) is 2.02. The lowest BCUT2D eigenvalue weighted by Gasteiger charge is -2.11. The third kappa shape index (κ3) is 4.64. The quantitative estimate of drug-likeness (QED) is 0.541. The Balaban J connectivity index is 2.35. The maximum absolute atomic E-state index is 5.71. The van der Waals surface area contributed by atoms with Gasteiger partial charge in [-0.05, 0) is 32.1 Å². The molecule has 3 nitrogen and oxygen atoms in total. The van der Waals surface area contributed by atoms with Crippen molar-refractivity contribution in [3.63, 3.8) is 0 Å². The summed E-state index contributed by atoms with van der Waals surface area (Å²) in [7, 11) is 2.05. The van der Waals surface area contributed by atoms with Crippen molar-refractivity contribution in [2.24, 2.45) is 0 Å². The van der Waals surface area contributed by atoms with Gasteiger partial charge in [-0.25, -0.2) is 0 Å². The van der Waals surface area contributed by atoms with E-state index in [2.05, 4.69) is 30.8 Å². The highest BCUT2D eigenvalue weighted by Gasteiger charge is 2.04. The summed E-state index contributed by atoms with van der Waals surface area (Å²) < 4.78 is 5.71. The van der Waals surface area contributed by atoms with Gasteiger partial charge in [-0.1, -0.05) is 13.0 Å². The van der Waals surface area contributed by atoms with Crippen molar-refractivity contribution < 1.29 is 4.42 Å². The molecule has 0 fully saturated rings. The molecule has 1 heterocycles. The predicted octanol–water partition coefficient (Wildman–Crippen LogP) is 2.40. The molecule has 0 amide bonds. The Labute approximate surface area is 98.1 Å². The topological polar surface area (TPSA) is 28.4 Å². The van der Waals surface area contributed by atoms with Crippen LogP contribution in [0.2, 0.25) is 0 Å². The number of nitrogens with one attached hydrogen (secondary N) is 1. The summed E-state index contributed by atoms with van der Waals surface area (Å²) >= 11 is 0. The van der Waals surface area contributed by atoms with Crippen LogP contribution in [0, 0.1) is 0 Å². The Morgan fingerprint density at radius 2 is 2.19 bits per heavy atom. The number of nitrogens with zero attached hydrogens (tertiary/aromatic N) is 1. The molecule has 3 heteroatoms. The number of rotatable bonds is 8. The fourth-order valence-corrected chi connectivity index (χ4v) is 1.54. The summed E-state index contributed by atoms with van der Waals surface area (Å²) in [5, 5.41) is 3.32. The molecule has 1 aromatic rings. The van der Waals surface area contributed by atoms with Crippen molar-refractivity contribution in [1.29, 1.82) is 0 Å². The van der Waals surface area contributed by atoms with E-state index in [0.29, 0.717) is 0 Å². The van der Waals surface area contributed by atoms with Crippen molar-refractivity contribution in [2.75, 3.05) is 20.1 Å². The van der Waals surface area contributed by atoms with Gasteiger partial charge in [0.1, 0.15) is 11.5 Å². The fraction of sp³-hybridized carbons (Fsp3) is 0.538. The van der Waals surface area contributed by atoms with E-state index in [1.807, 2.05) is 18.2 Å². The predicted molar refractivity (Wildman–Crippen MR) is 67.2 cm³/mol. The molecule has 0 aliphatic carbocycles. The van der Waals surface area contributed by atoms with E-state index in [1.54, 1.807) is 0 Å². The van der Waals surface area contributed by atoms with E-state index in [1.165, 1.54) is 0 Å². The van der Waals surface area contributed by atoms with E-state index in [-0.39, 0.29) is 0 Å². The monoisotopic (exact) mass is 222 g/mol. The highest BCUT2D eigenvalue weighted by atomic mass is 16.3. The second-order valence-corrected chi connectivity index (χ2v) is 4.03. The van der Waals surface area contributed by atoms with E-state index < -0.39 is 0 Å². The Morgan fingerprint density at radius 3 is 2.88 bits per heavy atom. The van der Waals surface area contributed by atoms with E-state index in [4.69, 9.17) is 4.42 Å². The van der Waals surface area contributed by atoms with Crippen LogP contribution in [-0.2, 0) is 13.1 Å². The second-order valence-electron chi connectivity index (χ2n) is 4.03. The molecule has 90 valence electrons. The fourth-order valence-electron chi connectivity index (χ4n) is 1.54. The highest BCUT2D eigenvalue weighted by molar-refractivity contribution is 5.07. The molecule has 0 aliphatic heterocycles. The van der Waals surface area contributed by atoms with Crippen LogP contribution in [0.4, 0.5) is 0 Å². The Bertz CT molecular complexity index is 307. The summed E-state index contributed by atoms with van der Waals surface area (Å²) in [6.45, 7) is 9.44. The van der Waals surface area contributed by atoms with E-state index >= 15 is 0 Å². The molecule has 0 atom stereocenters. The van der Waals surface area contributed by atoms with Crippen molar-refractivity contribution in [3.05, 3.63) is 36.3 Å². The minimum absolute atomic E-state index is 0.818.